The summed E-state index contributed by atoms with van der Waals surface area (Å²) < 4.78 is 5.71. The van der Waals surface area contributed by atoms with Gasteiger partial charge in [0.1, 0.15) is 0 Å². The molecule has 1 amide bonds. The topological polar surface area (TPSA) is 61.8 Å². The fourth-order valence-corrected chi connectivity index (χ4v) is 3.36. The molecule has 0 heterocycles. The minimum absolute atomic E-state index is 0.0727. The molecule has 32 heavy (non-hydrogen) atoms. The highest BCUT2D eigenvalue weighted by Gasteiger charge is 2.26. The number of allylic oxidation sites excluding steroid dienone is 1. The number of aliphatic hydroxyl groups excluding tert-OH is 1. The summed E-state index contributed by atoms with van der Waals surface area (Å²) in [6, 6.07) is -0.433. The van der Waals surface area contributed by atoms with E-state index in [0.717, 1.165) is 19.4 Å². The lowest BCUT2D eigenvalue weighted by Crippen LogP contribution is -2.49. The van der Waals surface area contributed by atoms with Crippen molar-refractivity contribution in [3.63, 3.8) is 0 Å². The number of ether oxygens (including phenoxy) is 1. The molecule has 0 aromatic carbocycles. The number of rotatable bonds is 20. The highest BCUT2D eigenvalue weighted by molar-refractivity contribution is 5.81. The van der Waals surface area contributed by atoms with Crippen LogP contribution in [0, 0.1) is 5.41 Å². The van der Waals surface area contributed by atoms with E-state index in [2.05, 4.69) is 18.3 Å². The van der Waals surface area contributed by atoms with Crippen molar-refractivity contribution in [3.05, 3.63) is 12.2 Å². The molecule has 0 aromatic heterocycles. The van der Waals surface area contributed by atoms with Crippen molar-refractivity contribution in [2.45, 2.75) is 117 Å². The number of likely N-dealkylation sites (N-methyl/N-ethyl adjacent to an activating group) is 1. The molecule has 0 rings (SSSR count). The second-order valence-electron chi connectivity index (χ2n) is 10.5. The van der Waals surface area contributed by atoms with Crippen molar-refractivity contribution < 1.29 is 14.6 Å². The quantitative estimate of drug-likeness (QED) is 0.183. The van der Waals surface area contributed by atoms with E-state index in [1.807, 2.05) is 45.8 Å². The maximum absolute atomic E-state index is 12.4. The highest BCUT2D eigenvalue weighted by atomic mass is 16.5. The Hall–Kier alpha value is -0.910. The monoisotopic (exact) mass is 454 g/mol. The van der Waals surface area contributed by atoms with Gasteiger partial charge in [-0.2, -0.15) is 0 Å². The predicted molar refractivity (Wildman–Crippen MR) is 137 cm³/mol. The number of unbranched alkanes of at least 4 members (excludes halogenated alkanes) is 11. The van der Waals surface area contributed by atoms with Crippen LogP contribution in [-0.4, -0.2) is 61.9 Å². The molecule has 2 N–H and O–H groups in total. The van der Waals surface area contributed by atoms with Gasteiger partial charge < -0.3 is 20.1 Å². The van der Waals surface area contributed by atoms with Crippen LogP contribution in [0.3, 0.4) is 0 Å². The first-order chi connectivity index (χ1) is 15.2. The van der Waals surface area contributed by atoms with Gasteiger partial charge in [-0.05, 0) is 26.9 Å². The minimum atomic E-state index is -0.742. The maximum Gasteiger partial charge on any atom is 0.225 e. The van der Waals surface area contributed by atoms with Gasteiger partial charge in [0.25, 0.3) is 0 Å². The average molecular weight is 455 g/mol. The van der Waals surface area contributed by atoms with Crippen LogP contribution in [0.4, 0.5) is 0 Å². The lowest BCUT2D eigenvalue weighted by Gasteiger charge is -2.26. The molecular weight excluding hydrogens is 400 g/mol. The number of hydrogen-bond donors (Lipinski definition) is 2. The minimum Gasteiger partial charge on any atom is -0.387 e. The molecular formula is C27H54N2O3. The van der Waals surface area contributed by atoms with E-state index in [-0.39, 0.29) is 5.91 Å². The number of carbonyl (C=O) groups is 1. The van der Waals surface area contributed by atoms with Crippen LogP contribution in [0.2, 0.25) is 0 Å². The van der Waals surface area contributed by atoms with Crippen molar-refractivity contribution >= 4 is 5.91 Å². The lowest BCUT2D eigenvalue weighted by molar-refractivity contribution is -0.130. The normalized spacial score (nSPS) is 14.2. The Bertz CT molecular complexity index is 472. The van der Waals surface area contributed by atoms with Crippen LogP contribution in [0.5, 0.6) is 0 Å². The Morgan fingerprint density at radius 1 is 0.969 bits per heavy atom. The summed E-state index contributed by atoms with van der Waals surface area (Å²) in [4.78, 5) is 14.4. The van der Waals surface area contributed by atoms with Gasteiger partial charge in [-0.3, -0.25) is 4.79 Å². The number of nitrogens with zero attached hydrogens (tertiary/aromatic N) is 1. The van der Waals surface area contributed by atoms with Crippen LogP contribution in [0.15, 0.2) is 12.2 Å². The van der Waals surface area contributed by atoms with Gasteiger partial charge in [0.2, 0.25) is 5.91 Å². The number of carbonyl (C=O) groups excluding carboxylic acids is 1. The zero-order chi connectivity index (χ0) is 24.2. The summed E-state index contributed by atoms with van der Waals surface area (Å²) in [7, 11) is 3.99. The second kappa shape index (κ2) is 19.5. The van der Waals surface area contributed by atoms with Crippen LogP contribution in [0.1, 0.15) is 105 Å². The molecule has 0 spiro atoms. The number of amides is 1. The summed E-state index contributed by atoms with van der Waals surface area (Å²) in [5, 5.41) is 13.6. The maximum atomic E-state index is 12.4. The van der Waals surface area contributed by atoms with E-state index in [4.69, 9.17) is 4.74 Å². The zero-order valence-corrected chi connectivity index (χ0v) is 22.1. The Morgan fingerprint density at radius 2 is 1.50 bits per heavy atom. The fourth-order valence-electron chi connectivity index (χ4n) is 3.36. The van der Waals surface area contributed by atoms with Gasteiger partial charge in [-0.1, -0.05) is 104 Å². The fraction of sp³-hybridized carbons (Fsp3) is 0.889. The summed E-state index contributed by atoms with van der Waals surface area (Å²) >= 11 is 0. The van der Waals surface area contributed by atoms with Crippen LogP contribution >= 0.6 is 0 Å². The predicted octanol–water partition coefficient (Wildman–Crippen LogP) is 5.71. The van der Waals surface area contributed by atoms with Crippen molar-refractivity contribution in [1.29, 1.82) is 0 Å². The molecule has 5 nitrogen and oxygen atoms in total. The largest absolute Gasteiger partial charge is 0.387 e. The molecule has 5 heteroatoms. The lowest BCUT2D eigenvalue weighted by atomic mass is 9.95. The number of aliphatic hydroxyl groups is 1. The second-order valence-corrected chi connectivity index (χ2v) is 10.5. The summed E-state index contributed by atoms with van der Waals surface area (Å²) in [6.45, 7) is 9.58. The molecule has 190 valence electrons. The van der Waals surface area contributed by atoms with Gasteiger partial charge in [0, 0.05) is 12.0 Å². The molecule has 0 aliphatic carbocycles. The summed E-state index contributed by atoms with van der Waals surface area (Å²) in [6.07, 6.45) is 18.8. The Kier molecular flexibility index (Phi) is 19.0. The number of hydrogen-bond acceptors (Lipinski definition) is 4. The first-order valence-corrected chi connectivity index (χ1v) is 13.1. The molecule has 0 saturated carbocycles. The Balaban J connectivity index is 4.12. The van der Waals surface area contributed by atoms with E-state index < -0.39 is 17.6 Å². The number of nitrogens with one attached hydrogen (secondary N) is 1. The van der Waals surface area contributed by atoms with Crippen molar-refractivity contribution in [2.75, 3.05) is 33.9 Å². The molecule has 0 radical (unpaired) electrons. The summed E-state index contributed by atoms with van der Waals surface area (Å²) in [5.41, 5.74) is -0.499. The molecule has 2 atom stereocenters. The van der Waals surface area contributed by atoms with Gasteiger partial charge in [0.05, 0.1) is 25.4 Å². The molecule has 0 aliphatic heterocycles. The zero-order valence-electron chi connectivity index (χ0n) is 22.1. The highest BCUT2D eigenvalue weighted by Crippen LogP contribution is 2.14. The molecule has 0 unspecified atom stereocenters. The Labute approximate surface area is 199 Å². The van der Waals surface area contributed by atoms with E-state index in [0.29, 0.717) is 13.2 Å². The Morgan fingerprint density at radius 3 is 2.00 bits per heavy atom. The standard InChI is InChI=1S/C27H54N2O3/c1-7-8-9-10-11-12-13-14-15-16-17-18-19-20-25(30)24(23-32-22-21-29(5)6)28-26(31)27(2,3)4/h19-20,24-25,30H,7-18,21-23H2,1-6H3,(H,28,31)/b20-19+/t24-,25+/m0/s1. The van der Waals surface area contributed by atoms with E-state index in [9.17, 15) is 9.90 Å². The van der Waals surface area contributed by atoms with Gasteiger partial charge in [-0.25, -0.2) is 0 Å². The smallest absolute Gasteiger partial charge is 0.225 e. The first kappa shape index (κ1) is 31.1. The third kappa shape index (κ3) is 18.6. The van der Waals surface area contributed by atoms with Gasteiger partial charge >= 0.3 is 0 Å². The van der Waals surface area contributed by atoms with E-state index in [1.54, 1.807) is 0 Å². The molecule has 0 bridgehead atoms. The van der Waals surface area contributed by atoms with Crippen molar-refractivity contribution in [2.24, 2.45) is 5.41 Å². The summed E-state index contributed by atoms with van der Waals surface area (Å²) in [5.74, 6) is -0.0727. The van der Waals surface area contributed by atoms with Gasteiger partial charge in [0.15, 0.2) is 0 Å². The molecule has 0 saturated heterocycles. The average Bonchev–Trinajstić information content (AvgIpc) is 2.72. The van der Waals surface area contributed by atoms with Crippen LogP contribution in [0.25, 0.3) is 0 Å². The van der Waals surface area contributed by atoms with Crippen molar-refractivity contribution in [1.82, 2.24) is 10.2 Å². The third-order valence-electron chi connectivity index (χ3n) is 5.70. The molecule has 0 fully saturated rings. The van der Waals surface area contributed by atoms with Crippen molar-refractivity contribution in [3.8, 4) is 0 Å². The molecule has 0 aromatic rings. The van der Waals surface area contributed by atoms with Crippen LogP contribution in [-0.2, 0) is 9.53 Å². The SMILES string of the molecule is CCCCCCCCCCCCC/C=C/[C@@H](O)[C@H](COCCN(C)C)NC(=O)C(C)(C)C. The van der Waals surface area contributed by atoms with E-state index >= 15 is 0 Å². The first-order valence-electron chi connectivity index (χ1n) is 13.1. The third-order valence-corrected chi connectivity index (χ3v) is 5.70. The van der Waals surface area contributed by atoms with E-state index in [1.165, 1.54) is 64.2 Å². The van der Waals surface area contributed by atoms with Gasteiger partial charge in [-0.15, -0.1) is 0 Å². The van der Waals surface area contributed by atoms with Crippen LogP contribution < -0.4 is 5.32 Å². The molecule has 0 aliphatic rings.